The number of carbonyl (C=O) groups is 2. The molecule has 0 atom stereocenters. The number of aromatic nitrogens is 2. The summed E-state index contributed by atoms with van der Waals surface area (Å²) in [5.41, 5.74) is 3.25. The van der Waals surface area contributed by atoms with Crippen LogP contribution in [0.2, 0.25) is 0 Å². The number of thiazole rings is 2. The first-order valence-corrected chi connectivity index (χ1v) is 10.2. The lowest BCUT2D eigenvalue weighted by molar-refractivity contribution is -0.116. The third-order valence-corrected chi connectivity index (χ3v) is 5.74. The van der Waals surface area contributed by atoms with E-state index < -0.39 is 0 Å². The lowest BCUT2D eigenvalue weighted by atomic mass is 10.2. The molecule has 2 N–H and O–H groups in total. The second kappa shape index (κ2) is 7.87. The molecule has 2 aromatic heterocycles. The average molecular weight is 409 g/mol. The van der Waals surface area contributed by atoms with Gasteiger partial charge in [-0.3, -0.25) is 9.59 Å². The van der Waals surface area contributed by atoms with Gasteiger partial charge in [-0.15, -0.1) is 11.3 Å². The fourth-order valence-corrected chi connectivity index (χ4v) is 4.44. The van der Waals surface area contributed by atoms with Crippen LogP contribution in [-0.2, 0) is 16.0 Å². The number of nitrogens with one attached hydrogen (secondary N) is 2. The van der Waals surface area contributed by atoms with Gasteiger partial charge in [-0.2, -0.15) is 0 Å². The Morgan fingerprint density at radius 3 is 2.64 bits per heavy atom. The fraction of sp³-hybridized carbons (Fsp3) is 0.100. The van der Waals surface area contributed by atoms with Crippen molar-refractivity contribution < 1.29 is 9.59 Å². The number of anilines is 2. The Hall–Kier alpha value is -3.10. The highest BCUT2D eigenvalue weighted by molar-refractivity contribution is 7.22. The lowest BCUT2D eigenvalue weighted by Gasteiger charge is -1.99. The van der Waals surface area contributed by atoms with Gasteiger partial charge in [0.15, 0.2) is 5.13 Å². The van der Waals surface area contributed by atoms with Crippen LogP contribution in [0.15, 0.2) is 53.9 Å². The maximum atomic E-state index is 12.4. The van der Waals surface area contributed by atoms with Crippen molar-refractivity contribution in [2.75, 3.05) is 10.6 Å². The van der Waals surface area contributed by atoms with Crippen LogP contribution in [0.3, 0.4) is 0 Å². The van der Waals surface area contributed by atoms with E-state index in [0.717, 1.165) is 26.5 Å². The van der Waals surface area contributed by atoms with Gasteiger partial charge in [0.2, 0.25) is 11.8 Å². The molecule has 0 saturated carbocycles. The number of nitrogens with zero attached hydrogens (tertiary/aromatic N) is 2. The summed E-state index contributed by atoms with van der Waals surface area (Å²) in [6.45, 7) is 1.46. The Balaban J connectivity index is 1.44. The van der Waals surface area contributed by atoms with Gasteiger partial charge in [0.25, 0.3) is 0 Å². The van der Waals surface area contributed by atoms with E-state index in [2.05, 4.69) is 20.6 Å². The van der Waals surface area contributed by atoms with Gasteiger partial charge in [0, 0.05) is 23.6 Å². The minimum atomic E-state index is -0.161. The molecule has 6 nitrogen and oxygen atoms in total. The normalized spacial score (nSPS) is 10.8. The first-order valence-electron chi connectivity index (χ1n) is 8.55. The summed E-state index contributed by atoms with van der Waals surface area (Å²) < 4.78 is 0.890. The van der Waals surface area contributed by atoms with Gasteiger partial charge < -0.3 is 10.6 Å². The molecule has 4 aromatic rings. The maximum absolute atomic E-state index is 12.4. The molecule has 2 heterocycles. The molecule has 0 fully saturated rings. The molecule has 28 heavy (non-hydrogen) atoms. The zero-order valence-corrected chi connectivity index (χ0v) is 16.6. The lowest BCUT2D eigenvalue weighted by Crippen LogP contribution is -2.14. The van der Waals surface area contributed by atoms with Crippen molar-refractivity contribution in [2.45, 2.75) is 13.3 Å². The van der Waals surface area contributed by atoms with Gasteiger partial charge in [-0.25, -0.2) is 9.97 Å². The van der Waals surface area contributed by atoms with E-state index in [1.807, 2.05) is 47.8 Å². The van der Waals surface area contributed by atoms with E-state index in [1.54, 1.807) is 6.07 Å². The highest BCUT2D eigenvalue weighted by atomic mass is 32.1. The van der Waals surface area contributed by atoms with E-state index >= 15 is 0 Å². The van der Waals surface area contributed by atoms with Crippen molar-refractivity contribution in [3.05, 3.63) is 59.6 Å². The molecule has 2 aromatic carbocycles. The first kappa shape index (κ1) is 18.3. The Kier molecular flexibility index (Phi) is 5.14. The predicted molar refractivity (Wildman–Crippen MR) is 114 cm³/mol. The molecule has 8 heteroatoms. The molecular weight excluding hydrogens is 392 g/mol. The third kappa shape index (κ3) is 4.24. The van der Waals surface area contributed by atoms with Crippen LogP contribution >= 0.6 is 22.7 Å². The largest absolute Gasteiger partial charge is 0.326 e. The molecule has 0 bridgehead atoms. The van der Waals surface area contributed by atoms with E-state index in [9.17, 15) is 9.59 Å². The van der Waals surface area contributed by atoms with Crippen molar-refractivity contribution in [1.29, 1.82) is 0 Å². The molecule has 2 amide bonds. The first-order chi connectivity index (χ1) is 13.6. The third-order valence-electron chi connectivity index (χ3n) is 3.87. The zero-order valence-electron chi connectivity index (χ0n) is 14.9. The van der Waals surface area contributed by atoms with Crippen molar-refractivity contribution in [2.24, 2.45) is 0 Å². The number of hydrogen-bond donors (Lipinski definition) is 2. The maximum Gasteiger partial charge on any atom is 0.232 e. The second-order valence-electron chi connectivity index (χ2n) is 6.12. The number of benzene rings is 2. The summed E-state index contributed by atoms with van der Waals surface area (Å²) in [6, 6.07) is 15.3. The minimum absolute atomic E-state index is 0.129. The molecule has 0 aliphatic rings. The second-order valence-corrected chi connectivity index (χ2v) is 8.01. The van der Waals surface area contributed by atoms with Crippen molar-refractivity contribution in [3.8, 4) is 10.6 Å². The van der Waals surface area contributed by atoms with Crippen LogP contribution in [-0.4, -0.2) is 21.8 Å². The molecular formula is C20H16N4O2S2. The van der Waals surface area contributed by atoms with E-state index in [-0.39, 0.29) is 18.2 Å². The number of carbonyl (C=O) groups excluding carboxylic acids is 2. The molecule has 4 rings (SSSR count). The number of fused-ring (bicyclic) bond motifs is 1. The summed E-state index contributed by atoms with van der Waals surface area (Å²) in [7, 11) is 0. The smallest absolute Gasteiger partial charge is 0.232 e. The number of amides is 2. The number of rotatable bonds is 5. The van der Waals surface area contributed by atoms with Crippen LogP contribution in [0, 0.1) is 0 Å². The standard InChI is InChI=1S/C20H16N4O2S2/c1-12(25)21-14-7-8-16-17(9-14)28-20(23-16)24-18(26)10-15-11-27-19(22-15)13-5-3-2-4-6-13/h2-9,11H,10H2,1H3,(H,21,25)(H,23,24,26). The van der Waals surface area contributed by atoms with Crippen molar-refractivity contribution in [1.82, 2.24) is 9.97 Å². The van der Waals surface area contributed by atoms with E-state index in [4.69, 9.17) is 0 Å². The topological polar surface area (TPSA) is 84.0 Å². The van der Waals surface area contributed by atoms with Gasteiger partial charge in [0.1, 0.15) is 5.01 Å². The average Bonchev–Trinajstić information content (AvgIpc) is 3.28. The summed E-state index contributed by atoms with van der Waals surface area (Å²) in [4.78, 5) is 32.5. The quantitative estimate of drug-likeness (QED) is 0.507. The highest BCUT2D eigenvalue weighted by Gasteiger charge is 2.12. The monoisotopic (exact) mass is 408 g/mol. The van der Waals surface area contributed by atoms with E-state index in [1.165, 1.54) is 29.6 Å². The van der Waals surface area contributed by atoms with Crippen LogP contribution in [0.1, 0.15) is 12.6 Å². The van der Waals surface area contributed by atoms with E-state index in [0.29, 0.717) is 10.8 Å². The summed E-state index contributed by atoms with van der Waals surface area (Å²) in [6.07, 6.45) is 0.191. The predicted octanol–water partition coefficient (Wildman–Crippen LogP) is 4.56. The molecule has 0 unspecified atom stereocenters. The fourth-order valence-electron chi connectivity index (χ4n) is 2.69. The molecule has 0 radical (unpaired) electrons. The summed E-state index contributed by atoms with van der Waals surface area (Å²) in [5.74, 6) is -0.290. The molecule has 0 aliphatic carbocycles. The minimum Gasteiger partial charge on any atom is -0.326 e. The summed E-state index contributed by atoms with van der Waals surface area (Å²) >= 11 is 2.89. The SMILES string of the molecule is CC(=O)Nc1ccc2nc(NC(=O)Cc3csc(-c4ccccc4)n3)sc2c1. The highest BCUT2D eigenvalue weighted by Crippen LogP contribution is 2.29. The Labute approximate surface area is 169 Å². The van der Waals surface area contributed by atoms with Crippen molar-refractivity contribution in [3.63, 3.8) is 0 Å². The summed E-state index contributed by atoms with van der Waals surface area (Å²) in [5, 5.41) is 8.90. The molecule has 0 saturated heterocycles. The van der Waals surface area contributed by atoms with Crippen LogP contribution in [0.25, 0.3) is 20.8 Å². The zero-order chi connectivity index (χ0) is 19.5. The number of hydrogen-bond acceptors (Lipinski definition) is 6. The van der Waals surface area contributed by atoms with Gasteiger partial charge in [-0.1, -0.05) is 41.7 Å². The van der Waals surface area contributed by atoms with Gasteiger partial charge >= 0.3 is 0 Å². The molecule has 0 aliphatic heterocycles. The Morgan fingerprint density at radius 1 is 1.04 bits per heavy atom. The van der Waals surface area contributed by atoms with Crippen molar-refractivity contribution >= 4 is 55.5 Å². The van der Waals surface area contributed by atoms with Crippen LogP contribution in [0.5, 0.6) is 0 Å². The molecule has 0 spiro atoms. The van der Waals surface area contributed by atoms with Gasteiger partial charge in [0.05, 0.1) is 22.3 Å². The Morgan fingerprint density at radius 2 is 1.86 bits per heavy atom. The van der Waals surface area contributed by atoms with Gasteiger partial charge in [-0.05, 0) is 18.2 Å². The van der Waals surface area contributed by atoms with Crippen LogP contribution in [0.4, 0.5) is 10.8 Å². The molecule has 140 valence electrons. The Bertz CT molecular complexity index is 1150. The van der Waals surface area contributed by atoms with Crippen LogP contribution < -0.4 is 10.6 Å².